The van der Waals surface area contributed by atoms with E-state index in [9.17, 15) is 0 Å². The lowest BCUT2D eigenvalue weighted by atomic mass is 10.0. The van der Waals surface area contributed by atoms with Crippen molar-refractivity contribution in [2.75, 3.05) is 27.2 Å². The number of nitrogens with zero attached hydrogens (tertiary/aromatic N) is 1. The van der Waals surface area contributed by atoms with E-state index in [1.807, 2.05) is 0 Å². The summed E-state index contributed by atoms with van der Waals surface area (Å²) in [6.07, 6.45) is 1.29. The molecule has 1 aliphatic heterocycles. The van der Waals surface area contributed by atoms with Crippen LogP contribution in [-0.2, 0) is 6.42 Å². The summed E-state index contributed by atoms with van der Waals surface area (Å²) >= 11 is 0. The number of benzene rings is 1. The van der Waals surface area contributed by atoms with Crippen molar-refractivity contribution >= 4 is 0 Å². The van der Waals surface area contributed by atoms with Crippen LogP contribution in [0.3, 0.4) is 0 Å². The van der Waals surface area contributed by atoms with E-state index in [0.717, 1.165) is 25.3 Å². The number of hydrogen-bond acceptors (Lipinski definition) is 3. The summed E-state index contributed by atoms with van der Waals surface area (Å²) in [4.78, 5) is 2.24. The van der Waals surface area contributed by atoms with Crippen molar-refractivity contribution in [2.24, 2.45) is 0 Å². The van der Waals surface area contributed by atoms with Crippen molar-refractivity contribution in [2.45, 2.75) is 38.8 Å². The van der Waals surface area contributed by atoms with Crippen LogP contribution in [0.25, 0.3) is 0 Å². The summed E-state index contributed by atoms with van der Waals surface area (Å²) in [5, 5.41) is 3.53. The van der Waals surface area contributed by atoms with Crippen LogP contribution in [0.2, 0.25) is 0 Å². The second kappa shape index (κ2) is 5.51. The third-order valence-corrected chi connectivity index (χ3v) is 4.10. The minimum Gasteiger partial charge on any atom is -0.488 e. The first kappa shape index (κ1) is 14.4. The van der Waals surface area contributed by atoms with E-state index in [-0.39, 0.29) is 11.6 Å². The predicted octanol–water partition coefficient (Wildman–Crippen LogP) is 2.23. The van der Waals surface area contributed by atoms with E-state index in [1.54, 1.807) is 0 Å². The number of nitrogens with one attached hydrogen (secondary N) is 1. The van der Waals surface area contributed by atoms with Crippen LogP contribution < -0.4 is 10.1 Å². The molecule has 0 spiro atoms. The van der Waals surface area contributed by atoms with Gasteiger partial charge in [-0.1, -0.05) is 17.7 Å². The maximum absolute atomic E-state index is 5.96. The predicted molar refractivity (Wildman–Crippen MR) is 79.9 cm³/mol. The first-order chi connectivity index (χ1) is 8.88. The third kappa shape index (κ3) is 3.48. The van der Waals surface area contributed by atoms with Gasteiger partial charge in [-0.25, -0.2) is 0 Å². The van der Waals surface area contributed by atoms with Crippen molar-refractivity contribution in [3.05, 3.63) is 29.3 Å². The number of fused-ring (bicyclic) bond motifs is 1. The van der Waals surface area contributed by atoms with Gasteiger partial charge in [0.25, 0.3) is 0 Å². The summed E-state index contributed by atoms with van der Waals surface area (Å²) in [6.45, 7) is 8.49. The van der Waals surface area contributed by atoms with Gasteiger partial charge in [-0.15, -0.1) is 0 Å². The fourth-order valence-corrected chi connectivity index (χ4v) is 2.26. The monoisotopic (exact) mass is 262 g/mol. The average Bonchev–Trinajstić information content (AvgIpc) is 2.70. The molecule has 3 heteroatoms. The minimum atomic E-state index is 0.169. The van der Waals surface area contributed by atoms with Crippen LogP contribution in [0.15, 0.2) is 18.2 Å². The standard InChI is InChI=1S/C16H26N2O/c1-12-6-7-15-13(8-12)9-14(19-15)10-17-11-16(2,3)18(4)5/h6-8,14,17H,9-11H2,1-5H3. The molecular weight excluding hydrogens is 236 g/mol. The molecule has 1 atom stereocenters. The normalized spacial score (nSPS) is 18.5. The van der Waals surface area contributed by atoms with Crippen LogP contribution in [0, 0.1) is 6.92 Å². The zero-order valence-electron chi connectivity index (χ0n) is 12.8. The van der Waals surface area contributed by atoms with Crippen LogP contribution in [0.4, 0.5) is 0 Å². The Hall–Kier alpha value is -1.06. The van der Waals surface area contributed by atoms with E-state index >= 15 is 0 Å². The molecule has 1 N–H and O–H groups in total. The molecule has 0 saturated heterocycles. The SMILES string of the molecule is Cc1ccc2c(c1)CC(CNCC(C)(C)N(C)C)O2. The Labute approximate surface area is 116 Å². The highest BCUT2D eigenvalue weighted by molar-refractivity contribution is 5.40. The highest BCUT2D eigenvalue weighted by atomic mass is 16.5. The molecule has 0 amide bonds. The van der Waals surface area contributed by atoms with Crippen molar-refractivity contribution in [1.29, 1.82) is 0 Å². The number of hydrogen-bond donors (Lipinski definition) is 1. The van der Waals surface area contributed by atoms with E-state index in [1.165, 1.54) is 11.1 Å². The van der Waals surface area contributed by atoms with Gasteiger partial charge in [-0.05, 0) is 46.5 Å². The highest BCUT2D eigenvalue weighted by Crippen LogP contribution is 2.29. The molecule has 3 nitrogen and oxygen atoms in total. The Kier molecular flexibility index (Phi) is 4.16. The first-order valence-corrected chi connectivity index (χ1v) is 7.03. The lowest BCUT2D eigenvalue weighted by molar-refractivity contribution is 0.174. The number of likely N-dealkylation sites (N-methyl/N-ethyl adjacent to an activating group) is 1. The summed E-state index contributed by atoms with van der Waals surface area (Å²) in [5.41, 5.74) is 2.82. The fourth-order valence-electron chi connectivity index (χ4n) is 2.26. The van der Waals surface area contributed by atoms with Crippen molar-refractivity contribution in [1.82, 2.24) is 10.2 Å². The molecule has 0 aromatic heterocycles. The van der Waals surface area contributed by atoms with Gasteiger partial charge in [0.15, 0.2) is 0 Å². The second-order valence-electron chi connectivity index (χ2n) is 6.39. The smallest absolute Gasteiger partial charge is 0.123 e. The quantitative estimate of drug-likeness (QED) is 0.880. The minimum absolute atomic E-state index is 0.169. The molecule has 1 aromatic rings. The zero-order valence-corrected chi connectivity index (χ0v) is 12.8. The largest absolute Gasteiger partial charge is 0.488 e. The average molecular weight is 262 g/mol. The summed E-state index contributed by atoms with van der Waals surface area (Å²) < 4.78 is 5.96. The Bertz CT molecular complexity index is 440. The summed E-state index contributed by atoms with van der Waals surface area (Å²) in [7, 11) is 4.23. The topological polar surface area (TPSA) is 24.5 Å². The van der Waals surface area contributed by atoms with Gasteiger partial charge in [0.2, 0.25) is 0 Å². The molecule has 0 radical (unpaired) electrons. The highest BCUT2D eigenvalue weighted by Gasteiger charge is 2.24. The molecule has 19 heavy (non-hydrogen) atoms. The van der Waals surface area contributed by atoms with E-state index in [2.05, 4.69) is 63.3 Å². The maximum atomic E-state index is 5.96. The molecule has 1 heterocycles. The Morgan fingerprint density at radius 1 is 1.37 bits per heavy atom. The Morgan fingerprint density at radius 2 is 2.11 bits per heavy atom. The fraction of sp³-hybridized carbons (Fsp3) is 0.625. The molecular formula is C16H26N2O. The number of rotatable bonds is 5. The van der Waals surface area contributed by atoms with Gasteiger partial charge in [-0.3, -0.25) is 0 Å². The van der Waals surface area contributed by atoms with Crippen molar-refractivity contribution in [3.63, 3.8) is 0 Å². The van der Waals surface area contributed by atoms with Crippen molar-refractivity contribution in [3.8, 4) is 5.75 Å². The van der Waals surface area contributed by atoms with Gasteiger partial charge in [-0.2, -0.15) is 0 Å². The molecule has 0 aliphatic carbocycles. The van der Waals surface area contributed by atoms with Gasteiger partial charge in [0.1, 0.15) is 11.9 Å². The summed E-state index contributed by atoms with van der Waals surface area (Å²) in [6, 6.07) is 6.44. The van der Waals surface area contributed by atoms with Gasteiger partial charge < -0.3 is 15.0 Å². The van der Waals surface area contributed by atoms with Gasteiger partial charge in [0, 0.05) is 25.0 Å². The molecule has 0 bridgehead atoms. The Morgan fingerprint density at radius 3 is 2.79 bits per heavy atom. The molecule has 2 rings (SSSR count). The second-order valence-corrected chi connectivity index (χ2v) is 6.39. The van der Waals surface area contributed by atoms with Crippen LogP contribution in [-0.4, -0.2) is 43.7 Å². The number of aryl methyl sites for hydroxylation is 1. The van der Waals surface area contributed by atoms with E-state index in [0.29, 0.717) is 0 Å². The van der Waals surface area contributed by atoms with Crippen LogP contribution in [0.5, 0.6) is 5.75 Å². The van der Waals surface area contributed by atoms with Gasteiger partial charge >= 0.3 is 0 Å². The maximum Gasteiger partial charge on any atom is 0.123 e. The molecule has 1 aromatic carbocycles. The van der Waals surface area contributed by atoms with E-state index in [4.69, 9.17) is 4.74 Å². The molecule has 1 aliphatic rings. The number of ether oxygens (including phenoxy) is 1. The molecule has 1 unspecified atom stereocenters. The van der Waals surface area contributed by atoms with Crippen LogP contribution in [0.1, 0.15) is 25.0 Å². The van der Waals surface area contributed by atoms with Gasteiger partial charge in [0.05, 0.1) is 0 Å². The third-order valence-electron chi connectivity index (χ3n) is 4.10. The lowest BCUT2D eigenvalue weighted by Crippen LogP contribution is -2.48. The molecule has 0 saturated carbocycles. The molecule has 106 valence electrons. The summed E-state index contributed by atoms with van der Waals surface area (Å²) in [5.74, 6) is 1.06. The van der Waals surface area contributed by atoms with Crippen molar-refractivity contribution < 1.29 is 4.74 Å². The Balaban J connectivity index is 1.81. The zero-order chi connectivity index (χ0) is 14.0. The van der Waals surface area contributed by atoms with Crippen LogP contribution >= 0.6 is 0 Å². The van der Waals surface area contributed by atoms with E-state index < -0.39 is 0 Å². The first-order valence-electron chi connectivity index (χ1n) is 7.03. The molecule has 0 fully saturated rings. The lowest BCUT2D eigenvalue weighted by Gasteiger charge is -2.33.